The highest BCUT2D eigenvalue weighted by atomic mass is 16.6. The fourth-order valence-corrected chi connectivity index (χ4v) is 3.95. The Morgan fingerprint density at radius 2 is 1.68 bits per heavy atom. The molecule has 2 amide bonds. The van der Waals surface area contributed by atoms with Crippen molar-refractivity contribution in [3.63, 3.8) is 0 Å². The molecule has 9 nitrogen and oxygen atoms in total. The predicted molar refractivity (Wildman–Crippen MR) is 144 cm³/mol. The van der Waals surface area contributed by atoms with Crippen LogP contribution < -0.4 is 14.8 Å². The van der Waals surface area contributed by atoms with Crippen molar-refractivity contribution in [3.8, 4) is 11.5 Å². The molecule has 0 saturated heterocycles. The van der Waals surface area contributed by atoms with Crippen molar-refractivity contribution in [2.45, 2.75) is 45.8 Å². The van der Waals surface area contributed by atoms with Gasteiger partial charge in [-0.1, -0.05) is 60.2 Å². The van der Waals surface area contributed by atoms with Crippen molar-refractivity contribution in [2.24, 2.45) is 0 Å². The summed E-state index contributed by atoms with van der Waals surface area (Å²) >= 11 is 0. The Bertz CT molecular complexity index is 1240. The van der Waals surface area contributed by atoms with Crippen LogP contribution in [0.1, 0.15) is 30.5 Å². The first kappa shape index (κ1) is 28.2. The molecular weight excluding hydrogens is 486 g/mol. The van der Waals surface area contributed by atoms with Crippen molar-refractivity contribution < 1.29 is 24.0 Å². The normalized spacial score (nSPS) is 11.5. The lowest BCUT2D eigenvalue weighted by Crippen LogP contribution is -2.52. The molecule has 38 heavy (non-hydrogen) atoms. The third-order valence-corrected chi connectivity index (χ3v) is 5.89. The van der Waals surface area contributed by atoms with Gasteiger partial charge in [0.05, 0.1) is 12.0 Å². The quantitative estimate of drug-likeness (QED) is 0.280. The summed E-state index contributed by atoms with van der Waals surface area (Å²) in [5.41, 5.74) is 2.66. The zero-order chi connectivity index (χ0) is 27.7. The minimum atomic E-state index is -0.788. The summed E-state index contributed by atoms with van der Waals surface area (Å²) in [6, 6.07) is 20.4. The van der Waals surface area contributed by atoms with Crippen LogP contribution in [0.3, 0.4) is 0 Å². The molecule has 0 aliphatic carbocycles. The number of ether oxygens (including phenoxy) is 2. The lowest BCUT2D eigenvalue weighted by atomic mass is 10.0. The van der Waals surface area contributed by atoms with E-state index >= 15 is 0 Å². The number of nitrogens with one attached hydrogen (secondary N) is 1. The molecule has 0 bridgehead atoms. The molecule has 1 atom stereocenters. The van der Waals surface area contributed by atoms with Crippen molar-refractivity contribution in [1.82, 2.24) is 10.2 Å². The maximum atomic E-state index is 13.6. The largest absolute Gasteiger partial charge is 0.490 e. The first-order valence-corrected chi connectivity index (χ1v) is 12.3. The van der Waals surface area contributed by atoms with Crippen LogP contribution in [0, 0.1) is 17.0 Å². The Morgan fingerprint density at radius 1 is 1.00 bits per heavy atom. The SMILES string of the molecule is COc1cc(OCC(=O)N(Cc2ccc(C)cc2)[C@H](Cc2ccccc2)C(=O)NC(C)C)ccc1[N+](=O)[O-]. The second kappa shape index (κ2) is 13.2. The van der Waals surface area contributed by atoms with E-state index in [4.69, 9.17) is 9.47 Å². The number of carbonyl (C=O) groups excluding carboxylic acids is 2. The molecule has 0 aliphatic heterocycles. The molecular formula is C29H33N3O6. The second-order valence-electron chi connectivity index (χ2n) is 9.26. The molecule has 0 radical (unpaired) electrons. The number of benzene rings is 3. The van der Waals surface area contributed by atoms with Crippen molar-refractivity contribution in [3.05, 3.63) is 99.6 Å². The molecule has 0 spiro atoms. The van der Waals surface area contributed by atoms with E-state index in [-0.39, 0.29) is 42.3 Å². The second-order valence-corrected chi connectivity index (χ2v) is 9.26. The molecule has 0 saturated carbocycles. The molecule has 1 N–H and O–H groups in total. The zero-order valence-corrected chi connectivity index (χ0v) is 22.0. The molecule has 0 fully saturated rings. The molecule has 3 aromatic carbocycles. The first-order chi connectivity index (χ1) is 18.2. The predicted octanol–water partition coefficient (Wildman–Crippen LogP) is 4.46. The van der Waals surface area contributed by atoms with Gasteiger partial charge in [0.15, 0.2) is 6.61 Å². The molecule has 0 heterocycles. The number of methoxy groups -OCH3 is 1. The first-order valence-electron chi connectivity index (χ1n) is 12.3. The van der Waals surface area contributed by atoms with E-state index in [2.05, 4.69) is 5.32 Å². The van der Waals surface area contributed by atoms with Gasteiger partial charge in [-0.3, -0.25) is 19.7 Å². The Labute approximate surface area is 222 Å². The third-order valence-electron chi connectivity index (χ3n) is 5.89. The van der Waals surface area contributed by atoms with Gasteiger partial charge in [0, 0.05) is 31.1 Å². The highest BCUT2D eigenvalue weighted by Gasteiger charge is 2.31. The average Bonchev–Trinajstić information content (AvgIpc) is 2.90. The molecule has 0 unspecified atom stereocenters. The Morgan fingerprint density at radius 3 is 2.29 bits per heavy atom. The van der Waals surface area contributed by atoms with Gasteiger partial charge in [-0.25, -0.2) is 0 Å². The Hall–Kier alpha value is -4.40. The Balaban J connectivity index is 1.90. The summed E-state index contributed by atoms with van der Waals surface area (Å²) < 4.78 is 10.8. The number of hydrogen-bond acceptors (Lipinski definition) is 6. The van der Waals surface area contributed by atoms with E-state index in [9.17, 15) is 19.7 Å². The monoisotopic (exact) mass is 519 g/mol. The summed E-state index contributed by atoms with van der Waals surface area (Å²) in [7, 11) is 1.32. The fraction of sp³-hybridized carbons (Fsp3) is 0.310. The minimum Gasteiger partial charge on any atom is -0.490 e. The van der Waals surface area contributed by atoms with Crippen LogP contribution in [0.4, 0.5) is 5.69 Å². The minimum absolute atomic E-state index is 0.0229. The standard InChI is InChI=1S/C29H33N3O6/c1-20(2)30-29(34)26(16-22-8-6-5-7-9-22)31(18-23-12-10-21(3)11-13-23)28(33)19-38-24-14-15-25(32(35)36)27(17-24)37-4/h5-15,17,20,26H,16,18-19H2,1-4H3,(H,30,34)/t26-/m1/s1. The van der Waals surface area contributed by atoms with E-state index in [0.29, 0.717) is 6.42 Å². The highest BCUT2D eigenvalue weighted by Crippen LogP contribution is 2.30. The number of hydrogen-bond donors (Lipinski definition) is 1. The van der Waals surface area contributed by atoms with Gasteiger partial charge in [0.2, 0.25) is 11.7 Å². The lowest BCUT2D eigenvalue weighted by Gasteiger charge is -2.32. The van der Waals surface area contributed by atoms with Crippen LogP contribution in [0.15, 0.2) is 72.8 Å². The van der Waals surface area contributed by atoms with Gasteiger partial charge >= 0.3 is 5.69 Å². The van der Waals surface area contributed by atoms with Crippen LogP contribution in [-0.4, -0.2) is 47.4 Å². The van der Waals surface area contributed by atoms with Crippen LogP contribution in [0.5, 0.6) is 11.5 Å². The van der Waals surface area contributed by atoms with Gasteiger partial charge in [0.25, 0.3) is 5.91 Å². The zero-order valence-electron chi connectivity index (χ0n) is 22.0. The van der Waals surface area contributed by atoms with Crippen LogP contribution in [-0.2, 0) is 22.6 Å². The van der Waals surface area contributed by atoms with Gasteiger partial charge in [-0.15, -0.1) is 0 Å². The number of amides is 2. The summed E-state index contributed by atoms with van der Waals surface area (Å²) in [5.74, 6) is -0.402. The topological polar surface area (TPSA) is 111 Å². The number of nitro groups is 1. The van der Waals surface area contributed by atoms with Gasteiger partial charge in [-0.2, -0.15) is 0 Å². The lowest BCUT2D eigenvalue weighted by molar-refractivity contribution is -0.385. The molecule has 0 aliphatic rings. The summed E-state index contributed by atoms with van der Waals surface area (Å²) in [6.45, 7) is 5.55. The highest BCUT2D eigenvalue weighted by molar-refractivity contribution is 5.88. The van der Waals surface area contributed by atoms with Crippen LogP contribution in [0.2, 0.25) is 0 Å². The van der Waals surface area contributed by atoms with Gasteiger partial charge in [0.1, 0.15) is 11.8 Å². The molecule has 200 valence electrons. The smallest absolute Gasteiger partial charge is 0.311 e. The number of nitrogens with zero attached hydrogens (tertiary/aromatic N) is 2. The van der Waals surface area contributed by atoms with Crippen LogP contribution >= 0.6 is 0 Å². The van der Waals surface area contributed by atoms with E-state index in [1.807, 2.05) is 75.4 Å². The van der Waals surface area contributed by atoms with E-state index in [1.54, 1.807) is 0 Å². The number of carbonyl (C=O) groups is 2. The summed E-state index contributed by atoms with van der Waals surface area (Å²) in [6.07, 6.45) is 0.322. The number of nitro benzene ring substituents is 1. The molecule has 3 rings (SSSR count). The molecule has 3 aromatic rings. The van der Waals surface area contributed by atoms with Gasteiger partial charge in [-0.05, 0) is 38.0 Å². The van der Waals surface area contributed by atoms with Gasteiger partial charge < -0.3 is 19.7 Å². The summed E-state index contributed by atoms with van der Waals surface area (Å²) in [5, 5.41) is 14.1. The fourth-order valence-electron chi connectivity index (χ4n) is 3.95. The maximum Gasteiger partial charge on any atom is 0.311 e. The third kappa shape index (κ3) is 7.80. The molecule has 0 aromatic heterocycles. The number of aryl methyl sites for hydroxylation is 1. The van der Waals surface area contributed by atoms with Crippen molar-refractivity contribution in [2.75, 3.05) is 13.7 Å². The van der Waals surface area contributed by atoms with Crippen molar-refractivity contribution in [1.29, 1.82) is 0 Å². The molecule has 9 heteroatoms. The van der Waals surface area contributed by atoms with E-state index < -0.39 is 16.9 Å². The van der Waals surface area contributed by atoms with E-state index in [1.165, 1.54) is 30.2 Å². The number of rotatable bonds is 12. The van der Waals surface area contributed by atoms with Crippen molar-refractivity contribution >= 4 is 17.5 Å². The van der Waals surface area contributed by atoms with E-state index in [0.717, 1.165) is 16.7 Å². The average molecular weight is 520 g/mol. The Kier molecular flexibility index (Phi) is 9.81. The maximum absolute atomic E-state index is 13.6. The summed E-state index contributed by atoms with van der Waals surface area (Å²) in [4.78, 5) is 39.2. The van der Waals surface area contributed by atoms with Crippen LogP contribution in [0.25, 0.3) is 0 Å².